The molecule has 0 heterocycles. The van der Waals surface area contributed by atoms with Crippen LogP contribution in [0, 0.1) is 6.67 Å². The minimum Gasteiger partial charge on any atom is -0.244 e. The molecule has 0 saturated carbocycles. The van der Waals surface area contributed by atoms with E-state index in [0.29, 0.717) is 6.42 Å². The van der Waals surface area contributed by atoms with Crippen LogP contribution in [0.25, 0.3) is 0 Å². The highest BCUT2D eigenvalue weighted by atomic mass is 19.1. The molecule has 0 aliphatic rings. The molecule has 0 fully saturated rings. The van der Waals surface area contributed by atoms with Crippen LogP contribution in [-0.4, -0.2) is 0 Å². The lowest BCUT2D eigenvalue weighted by Gasteiger charge is -2.01. The van der Waals surface area contributed by atoms with Gasteiger partial charge in [0.05, 0.1) is 0 Å². The number of halogens is 1. The summed E-state index contributed by atoms with van der Waals surface area (Å²) in [4.78, 5) is 0. The Morgan fingerprint density at radius 2 is 1.07 bits per heavy atom. The Kier molecular flexibility index (Phi) is 13.9. The van der Waals surface area contributed by atoms with Crippen molar-refractivity contribution in [2.75, 3.05) is 0 Å². The van der Waals surface area contributed by atoms with Crippen molar-refractivity contribution in [2.24, 2.45) is 0 Å². The SMILES string of the molecule is CCCCCCCCCCCCC[CH]F. The molecular weight excluding hydrogens is 187 g/mol. The van der Waals surface area contributed by atoms with Crippen LogP contribution >= 0.6 is 0 Å². The van der Waals surface area contributed by atoms with Gasteiger partial charge in [0, 0.05) is 0 Å². The molecule has 0 N–H and O–H groups in total. The van der Waals surface area contributed by atoms with Gasteiger partial charge in [0.2, 0.25) is 0 Å². The average Bonchev–Trinajstić information content (AvgIpc) is 2.26. The van der Waals surface area contributed by atoms with Gasteiger partial charge >= 0.3 is 0 Å². The summed E-state index contributed by atoms with van der Waals surface area (Å²) >= 11 is 0. The van der Waals surface area contributed by atoms with Crippen molar-refractivity contribution in [1.29, 1.82) is 0 Å². The maximum absolute atomic E-state index is 11.6. The van der Waals surface area contributed by atoms with Gasteiger partial charge in [-0.15, -0.1) is 0 Å². The van der Waals surface area contributed by atoms with Crippen LogP contribution in [0.1, 0.15) is 84.0 Å². The first-order chi connectivity index (χ1) is 7.41. The summed E-state index contributed by atoms with van der Waals surface area (Å²) in [5, 5.41) is 0. The number of rotatable bonds is 12. The zero-order valence-electron chi connectivity index (χ0n) is 10.4. The van der Waals surface area contributed by atoms with Crippen LogP contribution in [0.2, 0.25) is 0 Å². The molecule has 0 aromatic rings. The van der Waals surface area contributed by atoms with Gasteiger partial charge < -0.3 is 0 Å². The van der Waals surface area contributed by atoms with Crippen LogP contribution < -0.4 is 0 Å². The van der Waals surface area contributed by atoms with E-state index in [1.165, 1.54) is 64.2 Å². The predicted octanol–water partition coefficient (Wildman–Crippen LogP) is 5.82. The maximum atomic E-state index is 11.6. The number of hydrogen-bond acceptors (Lipinski definition) is 0. The Morgan fingerprint density at radius 1 is 0.667 bits per heavy atom. The van der Waals surface area contributed by atoms with Gasteiger partial charge in [-0.2, -0.15) is 0 Å². The summed E-state index contributed by atoms with van der Waals surface area (Å²) in [6.45, 7) is 3.04. The number of hydrogen-bond donors (Lipinski definition) is 0. The van der Waals surface area contributed by atoms with Crippen LogP contribution in [0.3, 0.4) is 0 Å². The molecule has 91 valence electrons. The lowest BCUT2D eigenvalue weighted by molar-refractivity contribution is 0.521. The van der Waals surface area contributed by atoms with Gasteiger partial charge in [-0.25, -0.2) is 4.39 Å². The lowest BCUT2D eigenvalue weighted by atomic mass is 10.1. The van der Waals surface area contributed by atoms with Crippen LogP contribution in [0.4, 0.5) is 4.39 Å². The topological polar surface area (TPSA) is 0 Å². The summed E-state index contributed by atoms with van der Waals surface area (Å²) in [5.74, 6) is 0. The highest BCUT2D eigenvalue weighted by Gasteiger charge is 1.92. The second-order valence-corrected chi connectivity index (χ2v) is 4.48. The van der Waals surface area contributed by atoms with Crippen molar-refractivity contribution < 1.29 is 4.39 Å². The van der Waals surface area contributed by atoms with E-state index in [4.69, 9.17) is 0 Å². The van der Waals surface area contributed by atoms with E-state index in [9.17, 15) is 4.39 Å². The normalized spacial score (nSPS) is 10.8. The van der Waals surface area contributed by atoms with Crippen LogP contribution in [0.5, 0.6) is 0 Å². The molecule has 0 bridgehead atoms. The van der Waals surface area contributed by atoms with Gasteiger partial charge in [0.1, 0.15) is 6.67 Å². The van der Waals surface area contributed by atoms with Gasteiger partial charge in [0.15, 0.2) is 0 Å². The fourth-order valence-corrected chi connectivity index (χ4v) is 1.89. The summed E-state index contributed by atoms with van der Waals surface area (Å²) in [7, 11) is 0. The third-order valence-corrected chi connectivity index (χ3v) is 2.92. The summed E-state index contributed by atoms with van der Waals surface area (Å²) in [6, 6.07) is 0. The maximum Gasteiger partial charge on any atom is 0.131 e. The molecule has 0 aliphatic heterocycles. The van der Waals surface area contributed by atoms with Gasteiger partial charge in [0.25, 0.3) is 0 Å². The van der Waals surface area contributed by atoms with Crippen molar-refractivity contribution in [3.05, 3.63) is 6.67 Å². The van der Waals surface area contributed by atoms with Crippen molar-refractivity contribution in [1.82, 2.24) is 0 Å². The first-order valence-corrected chi connectivity index (χ1v) is 6.83. The van der Waals surface area contributed by atoms with E-state index in [-0.39, 0.29) is 0 Å². The largest absolute Gasteiger partial charge is 0.244 e. The molecule has 0 aromatic heterocycles. The standard InChI is InChI=1S/C14H28F/c1-2-3-4-5-6-7-8-9-10-11-12-13-14-15/h14H,2-13H2,1H3. The van der Waals surface area contributed by atoms with Crippen molar-refractivity contribution in [2.45, 2.75) is 84.0 Å². The zero-order chi connectivity index (χ0) is 11.2. The molecule has 0 nitrogen and oxygen atoms in total. The van der Waals surface area contributed by atoms with E-state index in [2.05, 4.69) is 6.92 Å². The second-order valence-electron chi connectivity index (χ2n) is 4.48. The Labute approximate surface area is 95.6 Å². The van der Waals surface area contributed by atoms with Gasteiger partial charge in [-0.3, -0.25) is 0 Å². The zero-order valence-corrected chi connectivity index (χ0v) is 10.4. The van der Waals surface area contributed by atoms with E-state index in [1.54, 1.807) is 0 Å². The molecule has 15 heavy (non-hydrogen) atoms. The molecular formula is C14H28F. The molecule has 0 atom stereocenters. The smallest absolute Gasteiger partial charge is 0.131 e. The van der Waals surface area contributed by atoms with E-state index in [1.807, 2.05) is 0 Å². The van der Waals surface area contributed by atoms with Gasteiger partial charge in [-0.1, -0.05) is 77.6 Å². The molecule has 0 unspecified atom stereocenters. The quantitative estimate of drug-likeness (QED) is 0.360. The first-order valence-electron chi connectivity index (χ1n) is 6.83. The predicted molar refractivity (Wildman–Crippen MR) is 66.5 cm³/mol. The molecule has 0 rings (SSSR count). The average molecular weight is 215 g/mol. The minimum atomic E-state index is 0.650. The summed E-state index contributed by atoms with van der Waals surface area (Å²) in [5.41, 5.74) is 0. The van der Waals surface area contributed by atoms with Crippen LogP contribution in [0.15, 0.2) is 0 Å². The van der Waals surface area contributed by atoms with Crippen molar-refractivity contribution >= 4 is 0 Å². The Hall–Kier alpha value is -0.0700. The molecule has 0 saturated heterocycles. The van der Waals surface area contributed by atoms with E-state index in [0.717, 1.165) is 13.1 Å². The fraction of sp³-hybridized carbons (Fsp3) is 0.929. The molecule has 0 aliphatic carbocycles. The highest BCUT2D eigenvalue weighted by Crippen LogP contribution is 2.12. The molecule has 1 radical (unpaired) electrons. The van der Waals surface area contributed by atoms with Crippen LogP contribution in [-0.2, 0) is 0 Å². The molecule has 0 aromatic carbocycles. The number of unbranched alkanes of at least 4 members (excludes halogenated alkanes) is 11. The van der Waals surface area contributed by atoms with E-state index >= 15 is 0 Å². The van der Waals surface area contributed by atoms with Crippen molar-refractivity contribution in [3.8, 4) is 0 Å². The lowest BCUT2D eigenvalue weighted by Crippen LogP contribution is -1.82. The third kappa shape index (κ3) is 13.9. The Balaban J connectivity index is 2.81. The Morgan fingerprint density at radius 3 is 1.47 bits per heavy atom. The third-order valence-electron chi connectivity index (χ3n) is 2.92. The molecule has 0 spiro atoms. The van der Waals surface area contributed by atoms with Gasteiger partial charge in [-0.05, 0) is 6.42 Å². The summed E-state index contributed by atoms with van der Waals surface area (Å²) < 4.78 is 11.6. The van der Waals surface area contributed by atoms with Crippen molar-refractivity contribution in [3.63, 3.8) is 0 Å². The second kappa shape index (κ2) is 13.9. The van der Waals surface area contributed by atoms with E-state index < -0.39 is 0 Å². The Bertz CT molecular complexity index is 89.5. The highest BCUT2D eigenvalue weighted by molar-refractivity contribution is 4.51. The molecule has 1 heteroatoms. The monoisotopic (exact) mass is 215 g/mol. The fourth-order valence-electron chi connectivity index (χ4n) is 1.89. The minimum absolute atomic E-state index is 0.650. The first kappa shape index (κ1) is 14.9. The summed E-state index contributed by atoms with van der Waals surface area (Å²) in [6.07, 6.45) is 15.3. The molecule has 0 amide bonds.